The lowest BCUT2D eigenvalue weighted by atomic mass is 10.1. The second kappa shape index (κ2) is 14.7. The zero-order valence-corrected chi connectivity index (χ0v) is 15.7. The lowest BCUT2D eigenvalue weighted by Crippen LogP contribution is -2.68. The van der Waals surface area contributed by atoms with Gasteiger partial charge in [-0.1, -0.05) is 53.4 Å². The second-order valence-electron chi connectivity index (χ2n) is 6.03. The molecule has 0 radical (unpaired) electrons. The van der Waals surface area contributed by atoms with Crippen LogP contribution in [0.2, 0.25) is 0 Å². The fourth-order valence-electron chi connectivity index (χ4n) is 2.64. The summed E-state index contributed by atoms with van der Waals surface area (Å²) in [4.78, 5) is 0. The molecule has 0 N–H and O–H groups in total. The third kappa shape index (κ3) is 18.1. The van der Waals surface area contributed by atoms with Gasteiger partial charge in [-0.15, -0.1) is 10.2 Å². The zero-order valence-electron chi connectivity index (χ0n) is 14.9. The van der Waals surface area contributed by atoms with Crippen molar-refractivity contribution < 1.29 is 33.4 Å². The Morgan fingerprint density at radius 1 is 0.545 bits per heavy atom. The van der Waals surface area contributed by atoms with E-state index >= 15 is 0 Å². The minimum atomic E-state index is -4.94. The fourth-order valence-corrected chi connectivity index (χ4v) is 2.64. The van der Waals surface area contributed by atoms with Crippen molar-refractivity contribution in [2.24, 2.45) is 0 Å². The van der Waals surface area contributed by atoms with E-state index in [9.17, 15) is 0 Å². The summed E-state index contributed by atoms with van der Waals surface area (Å²) < 4.78 is 35.4. The molecule has 0 aromatic carbocycles. The van der Waals surface area contributed by atoms with Gasteiger partial charge in [-0.05, 0) is 25.7 Å². The van der Waals surface area contributed by atoms with Crippen LogP contribution in [0.3, 0.4) is 0 Å². The van der Waals surface area contributed by atoms with Crippen LogP contribution in [0.4, 0.5) is 0 Å². The summed E-state index contributed by atoms with van der Waals surface area (Å²) in [5.41, 5.74) is 0. The van der Waals surface area contributed by atoms with Gasteiger partial charge in [0.05, 0.1) is 26.2 Å². The van der Waals surface area contributed by atoms with E-state index in [0.717, 1.165) is 0 Å². The first-order valence-corrected chi connectivity index (χ1v) is 9.94. The average molecular weight is 342 g/mol. The Morgan fingerprint density at radius 3 is 0.864 bits per heavy atom. The molecule has 0 saturated heterocycles. The number of halogens is 1. The normalized spacial score (nSPS) is 12.0. The molecule has 0 spiro atoms. The molecule has 0 amide bonds. The second-order valence-corrected chi connectivity index (χ2v) is 6.78. The van der Waals surface area contributed by atoms with E-state index in [1.54, 1.807) is 0 Å². The van der Waals surface area contributed by atoms with Gasteiger partial charge in [0.25, 0.3) is 0 Å². The molecule has 0 aliphatic heterocycles. The van der Waals surface area contributed by atoms with Gasteiger partial charge in [-0.3, -0.25) is 0 Å². The Labute approximate surface area is 139 Å². The molecular formula is C16H36ClNO4. The molecule has 22 heavy (non-hydrogen) atoms. The summed E-state index contributed by atoms with van der Waals surface area (Å²) in [6.45, 7) is 15.0. The number of unbranched alkanes of at least 4 members (excludes halogenated alkanes) is 4. The molecule has 0 unspecified atom stereocenters. The number of hydrogen-bond donors (Lipinski definition) is 0. The third-order valence-corrected chi connectivity index (χ3v) is 3.94. The summed E-state index contributed by atoms with van der Waals surface area (Å²) in [7, 11) is -4.94. The van der Waals surface area contributed by atoms with Crippen LogP contribution in [0, 0.1) is 10.2 Å². The Hall–Kier alpha value is 0.0900. The number of rotatable bonds is 12. The predicted molar refractivity (Wildman–Crippen MR) is 79.4 cm³/mol. The van der Waals surface area contributed by atoms with Gasteiger partial charge in [-0.2, -0.15) is 0 Å². The highest BCUT2D eigenvalue weighted by molar-refractivity contribution is 4.49. The summed E-state index contributed by atoms with van der Waals surface area (Å²) in [6.07, 6.45) is 11.1. The van der Waals surface area contributed by atoms with Crippen molar-refractivity contribution in [1.29, 1.82) is 0 Å². The fraction of sp³-hybridized carbons (Fsp3) is 1.00. The van der Waals surface area contributed by atoms with Crippen LogP contribution in [-0.2, 0) is 0 Å². The summed E-state index contributed by atoms with van der Waals surface area (Å²) in [6, 6.07) is 0. The van der Waals surface area contributed by atoms with E-state index < -0.39 is 10.2 Å². The number of hydrogen-bond acceptors (Lipinski definition) is 4. The van der Waals surface area contributed by atoms with Crippen molar-refractivity contribution in [3.05, 3.63) is 0 Å². The van der Waals surface area contributed by atoms with Crippen LogP contribution < -0.4 is 18.6 Å². The van der Waals surface area contributed by atoms with E-state index in [4.69, 9.17) is 18.6 Å². The smallest absolute Gasteiger partial charge is 0.0786 e. The standard InChI is InChI=1S/C16H36N.ClHO4/c1-5-9-13-17(14-10-6-2,15-11-7-3)16-12-8-4;2-1(3,4)5/h5-16H2,1-4H3;(H,2,3,4,5)/q+1;/p-1. The van der Waals surface area contributed by atoms with Gasteiger partial charge < -0.3 is 4.48 Å². The van der Waals surface area contributed by atoms with E-state index in [0.29, 0.717) is 0 Å². The molecule has 0 saturated carbocycles. The minimum Gasteiger partial charge on any atom is -0.324 e. The van der Waals surface area contributed by atoms with Crippen molar-refractivity contribution >= 4 is 0 Å². The van der Waals surface area contributed by atoms with Crippen molar-refractivity contribution in [2.45, 2.75) is 79.1 Å². The van der Waals surface area contributed by atoms with Crippen LogP contribution in [0.5, 0.6) is 0 Å². The summed E-state index contributed by atoms with van der Waals surface area (Å²) in [5.74, 6) is 0. The molecule has 0 bridgehead atoms. The van der Waals surface area contributed by atoms with Gasteiger partial charge in [0.2, 0.25) is 0 Å². The first-order chi connectivity index (χ1) is 10.2. The molecule has 0 aliphatic carbocycles. The van der Waals surface area contributed by atoms with Crippen molar-refractivity contribution in [3.8, 4) is 0 Å². The van der Waals surface area contributed by atoms with E-state index in [2.05, 4.69) is 27.7 Å². The molecule has 5 nitrogen and oxygen atoms in total. The molecular weight excluding hydrogens is 306 g/mol. The molecule has 0 aliphatic rings. The van der Waals surface area contributed by atoms with E-state index in [1.807, 2.05) is 0 Å². The Bertz CT molecular complexity index is 191. The van der Waals surface area contributed by atoms with Crippen molar-refractivity contribution in [1.82, 2.24) is 0 Å². The van der Waals surface area contributed by atoms with Gasteiger partial charge in [0, 0.05) is 0 Å². The van der Waals surface area contributed by atoms with Gasteiger partial charge >= 0.3 is 0 Å². The van der Waals surface area contributed by atoms with Crippen LogP contribution >= 0.6 is 0 Å². The highest BCUT2D eigenvalue weighted by Gasteiger charge is 2.24. The lowest BCUT2D eigenvalue weighted by molar-refractivity contribution is -2.00. The topological polar surface area (TPSA) is 92.2 Å². The molecule has 0 atom stereocenters. The summed E-state index contributed by atoms with van der Waals surface area (Å²) >= 11 is 0. The Morgan fingerprint density at radius 2 is 0.727 bits per heavy atom. The average Bonchev–Trinajstić information content (AvgIpc) is 2.44. The summed E-state index contributed by atoms with van der Waals surface area (Å²) in [5, 5.41) is 0. The number of quaternary nitrogens is 1. The Kier molecular flexibility index (Phi) is 16.2. The molecule has 0 heterocycles. The maximum atomic E-state index is 8.49. The van der Waals surface area contributed by atoms with Gasteiger partial charge in [0.1, 0.15) is 0 Å². The highest BCUT2D eigenvalue weighted by atomic mass is 35.7. The first kappa shape index (κ1) is 24.3. The largest absolute Gasteiger partial charge is 0.324 e. The zero-order chi connectivity index (χ0) is 17.5. The number of nitrogens with zero attached hydrogens (tertiary/aromatic N) is 1. The van der Waals surface area contributed by atoms with Crippen LogP contribution in [0.1, 0.15) is 79.1 Å². The van der Waals surface area contributed by atoms with Crippen molar-refractivity contribution in [3.63, 3.8) is 0 Å². The SMILES string of the molecule is CCCC[N+](CCCC)(CCCC)CCCC.[O-][Cl+3]([O-])([O-])[O-]. The molecule has 0 fully saturated rings. The van der Waals surface area contributed by atoms with Gasteiger partial charge in [-0.25, -0.2) is 18.6 Å². The molecule has 0 aromatic heterocycles. The quantitative estimate of drug-likeness (QED) is 0.475. The molecule has 136 valence electrons. The predicted octanol–water partition coefficient (Wildman–Crippen LogP) is 0.248. The van der Waals surface area contributed by atoms with Crippen LogP contribution in [-0.4, -0.2) is 30.7 Å². The minimum absolute atomic E-state index is 1.35. The van der Waals surface area contributed by atoms with E-state index in [1.165, 1.54) is 82.0 Å². The van der Waals surface area contributed by atoms with Crippen LogP contribution in [0.25, 0.3) is 0 Å². The van der Waals surface area contributed by atoms with E-state index in [-0.39, 0.29) is 0 Å². The van der Waals surface area contributed by atoms with Gasteiger partial charge in [0.15, 0.2) is 0 Å². The monoisotopic (exact) mass is 341 g/mol. The molecule has 0 rings (SSSR count). The first-order valence-electron chi connectivity index (χ1n) is 8.71. The Balaban J connectivity index is 0. The highest BCUT2D eigenvalue weighted by Crippen LogP contribution is 2.16. The third-order valence-electron chi connectivity index (χ3n) is 3.94. The van der Waals surface area contributed by atoms with Crippen LogP contribution in [0.15, 0.2) is 0 Å². The lowest BCUT2D eigenvalue weighted by Gasteiger charge is -2.39. The maximum Gasteiger partial charge on any atom is 0.0786 e. The maximum absolute atomic E-state index is 8.49. The van der Waals surface area contributed by atoms with Crippen molar-refractivity contribution in [2.75, 3.05) is 26.2 Å². The molecule has 0 aromatic rings. The molecule has 6 heteroatoms.